The summed E-state index contributed by atoms with van der Waals surface area (Å²) in [5.74, 6) is -0.645. The van der Waals surface area contributed by atoms with Gasteiger partial charge in [0.05, 0.1) is 22.7 Å². The van der Waals surface area contributed by atoms with Crippen LogP contribution in [0.2, 0.25) is 0 Å². The van der Waals surface area contributed by atoms with Crippen molar-refractivity contribution in [3.8, 4) is 6.07 Å². The molecule has 0 saturated carbocycles. The molecule has 6 heteroatoms. The molecule has 0 saturated heterocycles. The van der Waals surface area contributed by atoms with Crippen molar-refractivity contribution in [2.75, 3.05) is 0 Å². The maximum absolute atomic E-state index is 12.9. The average molecular weight is 333 g/mol. The van der Waals surface area contributed by atoms with E-state index in [0.29, 0.717) is 35.2 Å². The number of nitriles is 1. The highest BCUT2D eigenvalue weighted by Gasteiger charge is 2.33. The molecule has 124 valence electrons. The number of ketones is 2. The number of nitrogens with zero attached hydrogens (tertiary/aromatic N) is 2. The van der Waals surface area contributed by atoms with Gasteiger partial charge in [0.25, 0.3) is 0 Å². The number of carbonyl (C=O) groups is 2. The fourth-order valence-corrected chi connectivity index (χ4v) is 3.37. The second-order valence-corrected chi connectivity index (χ2v) is 6.20. The van der Waals surface area contributed by atoms with Gasteiger partial charge < -0.3 is 9.40 Å². The zero-order valence-corrected chi connectivity index (χ0v) is 13.6. The molecule has 0 spiro atoms. The molecular weight excluding hydrogens is 318 g/mol. The Labute approximate surface area is 143 Å². The number of Topliss-reactive ketones (excluding diaryl/α,β-unsaturated/α-hetero) is 2. The molecule has 0 amide bonds. The van der Waals surface area contributed by atoms with Crippen LogP contribution in [-0.2, 0) is 6.42 Å². The Kier molecular flexibility index (Phi) is 3.50. The van der Waals surface area contributed by atoms with Gasteiger partial charge in [-0.15, -0.1) is 0 Å². The lowest BCUT2D eigenvalue weighted by molar-refractivity contribution is 0.0940. The maximum Gasteiger partial charge on any atom is 0.223 e. The van der Waals surface area contributed by atoms with E-state index >= 15 is 0 Å². The van der Waals surface area contributed by atoms with Gasteiger partial charge >= 0.3 is 0 Å². The SMILES string of the molecule is Cc1c(C(=O)[C@@H](C#N)c2nc3ccccc3[nH]2)oc2c1C(=O)CCC2. The number of rotatable bonds is 3. The molecule has 0 unspecified atom stereocenters. The molecule has 6 nitrogen and oxygen atoms in total. The standard InChI is InChI=1S/C19H15N3O3/c1-10-16-14(23)7-4-8-15(16)25-18(10)17(24)11(9-20)19-21-12-5-2-3-6-13(12)22-19/h2-3,5-6,11H,4,7-8H2,1H3,(H,21,22)/t11-/m1/s1. The van der Waals surface area contributed by atoms with E-state index in [9.17, 15) is 14.9 Å². The van der Waals surface area contributed by atoms with E-state index in [1.54, 1.807) is 6.92 Å². The molecule has 25 heavy (non-hydrogen) atoms. The maximum atomic E-state index is 12.9. The smallest absolute Gasteiger partial charge is 0.223 e. The average Bonchev–Trinajstić information content (AvgIpc) is 3.17. The van der Waals surface area contributed by atoms with Crippen LogP contribution in [0.3, 0.4) is 0 Å². The van der Waals surface area contributed by atoms with Crippen LogP contribution in [-0.4, -0.2) is 21.5 Å². The second kappa shape index (κ2) is 5.71. The number of furan rings is 1. The number of para-hydroxylation sites is 2. The Bertz CT molecular complexity index is 1020. The van der Waals surface area contributed by atoms with Crippen LogP contribution in [0.25, 0.3) is 11.0 Å². The molecule has 0 bridgehead atoms. The number of hydrogen-bond donors (Lipinski definition) is 1. The van der Waals surface area contributed by atoms with E-state index in [2.05, 4.69) is 9.97 Å². The van der Waals surface area contributed by atoms with Gasteiger partial charge in [-0.05, 0) is 25.5 Å². The fourth-order valence-electron chi connectivity index (χ4n) is 3.37. The van der Waals surface area contributed by atoms with Gasteiger partial charge in [-0.25, -0.2) is 4.98 Å². The predicted octanol–water partition coefficient (Wildman–Crippen LogP) is 3.47. The van der Waals surface area contributed by atoms with Crippen LogP contribution in [0, 0.1) is 18.3 Å². The molecule has 0 fully saturated rings. The summed E-state index contributed by atoms with van der Waals surface area (Å²) >= 11 is 0. The number of benzene rings is 1. The first-order valence-corrected chi connectivity index (χ1v) is 8.14. The third kappa shape index (κ3) is 2.36. The number of hydrogen-bond acceptors (Lipinski definition) is 5. The van der Waals surface area contributed by atoms with Gasteiger partial charge in [0, 0.05) is 18.4 Å². The molecule has 1 aliphatic carbocycles. The largest absolute Gasteiger partial charge is 0.457 e. The highest BCUT2D eigenvalue weighted by Crippen LogP contribution is 2.32. The van der Waals surface area contributed by atoms with Gasteiger partial charge in [0.1, 0.15) is 11.6 Å². The predicted molar refractivity (Wildman–Crippen MR) is 89.5 cm³/mol. The number of aryl methyl sites for hydroxylation is 1. The first-order valence-electron chi connectivity index (χ1n) is 8.14. The number of aromatic nitrogens is 2. The van der Waals surface area contributed by atoms with E-state index in [4.69, 9.17) is 4.42 Å². The molecular formula is C19H15N3O3. The van der Waals surface area contributed by atoms with Crippen LogP contribution in [0.15, 0.2) is 28.7 Å². The lowest BCUT2D eigenvalue weighted by atomic mass is 9.92. The molecule has 4 rings (SSSR count). The molecule has 1 aliphatic rings. The van der Waals surface area contributed by atoms with Gasteiger partial charge in [-0.3, -0.25) is 9.59 Å². The molecule has 2 aromatic heterocycles. The Morgan fingerprint density at radius 2 is 2.16 bits per heavy atom. The molecule has 1 atom stereocenters. The Hall–Kier alpha value is -3.20. The number of aromatic amines is 1. The molecule has 0 aliphatic heterocycles. The Morgan fingerprint density at radius 3 is 2.88 bits per heavy atom. The van der Waals surface area contributed by atoms with Crippen molar-refractivity contribution in [2.45, 2.75) is 32.1 Å². The van der Waals surface area contributed by atoms with Crippen molar-refractivity contribution >= 4 is 22.6 Å². The number of H-pyrrole nitrogens is 1. The van der Waals surface area contributed by atoms with E-state index in [-0.39, 0.29) is 17.4 Å². The van der Waals surface area contributed by atoms with Crippen molar-refractivity contribution in [3.05, 3.63) is 52.7 Å². The van der Waals surface area contributed by atoms with Gasteiger partial charge in [-0.1, -0.05) is 12.1 Å². The van der Waals surface area contributed by atoms with Crippen molar-refractivity contribution in [1.82, 2.24) is 9.97 Å². The summed E-state index contributed by atoms with van der Waals surface area (Å²) in [5.41, 5.74) is 2.49. The quantitative estimate of drug-likeness (QED) is 0.740. The minimum absolute atomic E-state index is 0.00112. The molecule has 0 radical (unpaired) electrons. The van der Waals surface area contributed by atoms with Crippen molar-refractivity contribution < 1.29 is 14.0 Å². The zero-order chi connectivity index (χ0) is 17.6. The number of imidazole rings is 1. The summed E-state index contributed by atoms with van der Waals surface area (Å²) in [6.45, 7) is 1.70. The molecule has 3 aromatic rings. The van der Waals surface area contributed by atoms with Crippen LogP contribution < -0.4 is 0 Å². The molecule has 1 aromatic carbocycles. The van der Waals surface area contributed by atoms with E-state index in [1.165, 1.54) is 0 Å². The van der Waals surface area contributed by atoms with E-state index in [0.717, 1.165) is 11.9 Å². The van der Waals surface area contributed by atoms with Crippen LogP contribution in [0.1, 0.15) is 56.8 Å². The normalized spacial score (nSPS) is 15.0. The summed E-state index contributed by atoms with van der Waals surface area (Å²) in [6, 6.07) is 9.34. The van der Waals surface area contributed by atoms with E-state index in [1.807, 2.05) is 30.3 Å². The molecule has 2 heterocycles. The fraction of sp³-hybridized carbons (Fsp3) is 0.263. The first kappa shape index (κ1) is 15.3. The highest BCUT2D eigenvalue weighted by molar-refractivity contribution is 6.06. The number of nitrogens with one attached hydrogen (secondary N) is 1. The van der Waals surface area contributed by atoms with Crippen molar-refractivity contribution in [3.63, 3.8) is 0 Å². The second-order valence-electron chi connectivity index (χ2n) is 6.20. The zero-order valence-electron chi connectivity index (χ0n) is 13.6. The summed E-state index contributed by atoms with van der Waals surface area (Å²) in [7, 11) is 0. The lowest BCUT2D eigenvalue weighted by Gasteiger charge is -2.07. The van der Waals surface area contributed by atoms with Crippen LogP contribution >= 0.6 is 0 Å². The highest BCUT2D eigenvalue weighted by atomic mass is 16.3. The summed E-state index contributed by atoms with van der Waals surface area (Å²) in [4.78, 5) is 32.4. The summed E-state index contributed by atoms with van der Waals surface area (Å²) in [6.07, 6.45) is 1.82. The Balaban J connectivity index is 1.76. The summed E-state index contributed by atoms with van der Waals surface area (Å²) < 4.78 is 5.68. The minimum Gasteiger partial charge on any atom is -0.457 e. The van der Waals surface area contributed by atoms with Gasteiger partial charge in [0.15, 0.2) is 17.5 Å². The van der Waals surface area contributed by atoms with Gasteiger partial charge in [-0.2, -0.15) is 5.26 Å². The van der Waals surface area contributed by atoms with E-state index < -0.39 is 11.7 Å². The third-order valence-corrected chi connectivity index (χ3v) is 4.60. The minimum atomic E-state index is -1.10. The van der Waals surface area contributed by atoms with Gasteiger partial charge in [0.2, 0.25) is 5.78 Å². The number of fused-ring (bicyclic) bond motifs is 2. The lowest BCUT2D eigenvalue weighted by Crippen LogP contribution is -2.13. The van der Waals surface area contributed by atoms with Crippen molar-refractivity contribution in [1.29, 1.82) is 5.26 Å². The monoisotopic (exact) mass is 333 g/mol. The molecule has 1 N–H and O–H groups in total. The first-order chi connectivity index (χ1) is 12.1. The van der Waals surface area contributed by atoms with Crippen molar-refractivity contribution in [2.24, 2.45) is 0 Å². The Morgan fingerprint density at radius 1 is 1.36 bits per heavy atom. The summed E-state index contributed by atoms with van der Waals surface area (Å²) in [5, 5.41) is 9.54. The third-order valence-electron chi connectivity index (χ3n) is 4.60. The van der Waals surface area contributed by atoms with Crippen LogP contribution in [0.5, 0.6) is 0 Å². The topological polar surface area (TPSA) is 99.8 Å². The number of carbonyl (C=O) groups excluding carboxylic acids is 2. The van der Waals surface area contributed by atoms with Crippen LogP contribution in [0.4, 0.5) is 0 Å².